The van der Waals surface area contributed by atoms with E-state index in [2.05, 4.69) is 24.5 Å². The zero-order valence-electron chi connectivity index (χ0n) is 10.5. The van der Waals surface area contributed by atoms with Crippen molar-refractivity contribution in [2.24, 2.45) is 11.8 Å². The highest BCUT2D eigenvalue weighted by molar-refractivity contribution is 5.05. The summed E-state index contributed by atoms with van der Waals surface area (Å²) in [6.45, 7) is 5.25. The van der Waals surface area contributed by atoms with Crippen molar-refractivity contribution in [1.82, 2.24) is 10.6 Å². The molecule has 17 heavy (non-hydrogen) atoms. The molecule has 0 amide bonds. The van der Waals surface area contributed by atoms with Crippen LogP contribution in [-0.4, -0.2) is 24.9 Å². The molecule has 2 N–H and O–H groups in total. The van der Waals surface area contributed by atoms with Gasteiger partial charge in [0.2, 0.25) is 0 Å². The molecule has 2 rings (SSSR count). The SMILES string of the molecule is CCC(C)C1CNC([C@@H]2CC=C(F)CC2F)N1. The third kappa shape index (κ3) is 2.86. The molecule has 98 valence electrons. The molecular formula is C13H22F2N2. The molecule has 1 saturated heterocycles. The summed E-state index contributed by atoms with van der Waals surface area (Å²) in [5.74, 6) is 0.148. The zero-order valence-corrected chi connectivity index (χ0v) is 10.5. The number of allylic oxidation sites excluding steroid dienone is 2. The van der Waals surface area contributed by atoms with E-state index < -0.39 is 6.17 Å². The minimum absolute atomic E-state index is 0.00616. The van der Waals surface area contributed by atoms with Crippen molar-refractivity contribution < 1.29 is 8.78 Å². The van der Waals surface area contributed by atoms with Crippen LogP contribution in [0.1, 0.15) is 33.1 Å². The van der Waals surface area contributed by atoms with E-state index in [1.807, 2.05) is 0 Å². The zero-order chi connectivity index (χ0) is 12.4. The van der Waals surface area contributed by atoms with Crippen molar-refractivity contribution in [1.29, 1.82) is 0 Å². The van der Waals surface area contributed by atoms with Gasteiger partial charge in [-0.15, -0.1) is 0 Å². The number of rotatable bonds is 3. The maximum absolute atomic E-state index is 13.8. The summed E-state index contributed by atoms with van der Waals surface area (Å²) in [7, 11) is 0. The van der Waals surface area contributed by atoms with Crippen LogP contribution in [0.3, 0.4) is 0 Å². The third-order valence-electron chi connectivity index (χ3n) is 4.18. The standard InChI is InChI=1S/C13H22F2N2/c1-3-8(2)12-7-16-13(17-12)10-5-4-9(14)6-11(10)15/h4,8,10-13,16-17H,3,5-7H2,1-2H3/t8?,10-,11?,12?,13?/m1/s1. The molecule has 0 aromatic rings. The van der Waals surface area contributed by atoms with E-state index in [1.54, 1.807) is 0 Å². The van der Waals surface area contributed by atoms with Crippen LogP contribution >= 0.6 is 0 Å². The van der Waals surface area contributed by atoms with Crippen LogP contribution in [0.25, 0.3) is 0 Å². The number of hydrogen-bond donors (Lipinski definition) is 2. The lowest BCUT2D eigenvalue weighted by atomic mass is 9.89. The highest BCUT2D eigenvalue weighted by Gasteiger charge is 2.37. The second-order valence-electron chi connectivity index (χ2n) is 5.32. The molecule has 0 spiro atoms. The third-order valence-corrected chi connectivity index (χ3v) is 4.18. The first-order chi connectivity index (χ1) is 8.11. The van der Waals surface area contributed by atoms with Crippen LogP contribution in [-0.2, 0) is 0 Å². The van der Waals surface area contributed by atoms with Crippen molar-refractivity contribution in [2.45, 2.75) is 51.5 Å². The smallest absolute Gasteiger partial charge is 0.112 e. The molecule has 1 aliphatic carbocycles. The summed E-state index contributed by atoms with van der Waals surface area (Å²) in [5.41, 5.74) is 0. The normalized spacial score (nSPS) is 40.1. The lowest BCUT2D eigenvalue weighted by Gasteiger charge is -2.29. The largest absolute Gasteiger partial charge is 0.300 e. The Bertz CT molecular complexity index is 293. The van der Waals surface area contributed by atoms with Crippen molar-refractivity contribution in [3.63, 3.8) is 0 Å². The molecule has 1 fully saturated rings. The van der Waals surface area contributed by atoms with Gasteiger partial charge in [-0.25, -0.2) is 8.78 Å². The van der Waals surface area contributed by atoms with Gasteiger partial charge in [0.15, 0.2) is 0 Å². The van der Waals surface area contributed by atoms with Crippen molar-refractivity contribution >= 4 is 0 Å². The number of hydrogen-bond acceptors (Lipinski definition) is 2. The fourth-order valence-electron chi connectivity index (χ4n) is 2.70. The highest BCUT2D eigenvalue weighted by atomic mass is 19.1. The van der Waals surface area contributed by atoms with Gasteiger partial charge in [0.1, 0.15) is 6.17 Å². The van der Waals surface area contributed by atoms with Gasteiger partial charge in [-0.05, 0) is 12.3 Å². The average Bonchev–Trinajstić information content (AvgIpc) is 2.77. The maximum Gasteiger partial charge on any atom is 0.112 e. The quantitative estimate of drug-likeness (QED) is 0.797. The second-order valence-corrected chi connectivity index (χ2v) is 5.32. The highest BCUT2D eigenvalue weighted by Crippen LogP contribution is 2.30. The van der Waals surface area contributed by atoms with Crippen LogP contribution in [0.2, 0.25) is 0 Å². The first-order valence-electron chi connectivity index (χ1n) is 6.59. The first kappa shape index (κ1) is 13.0. The Kier molecular flexibility index (Phi) is 4.15. The van der Waals surface area contributed by atoms with Crippen molar-refractivity contribution in [3.05, 3.63) is 11.9 Å². The van der Waals surface area contributed by atoms with Crippen molar-refractivity contribution in [2.75, 3.05) is 6.54 Å². The van der Waals surface area contributed by atoms with Crippen LogP contribution < -0.4 is 10.6 Å². The topological polar surface area (TPSA) is 24.1 Å². The molecule has 5 atom stereocenters. The molecule has 0 aromatic heterocycles. The van der Waals surface area contributed by atoms with Gasteiger partial charge in [-0.1, -0.05) is 26.3 Å². The molecule has 1 heterocycles. The lowest BCUT2D eigenvalue weighted by Crippen LogP contribution is -2.46. The van der Waals surface area contributed by atoms with Gasteiger partial charge in [-0.3, -0.25) is 10.6 Å². The average molecular weight is 244 g/mol. The van der Waals surface area contributed by atoms with E-state index in [9.17, 15) is 8.78 Å². The Morgan fingerprint density at radius 3 is 2.94 bits per heavy atom. The maximum atomic E-state index is 13.8. The molecular weight excluding hydrogens is 222 g/mol. The van der Waals surface area contributed by atoms with Gasteiger partial charge in [-0.2, -0.15) is 0 Å². The van der Waals surface area contributed by atoms with E-state index in [-0.39, 0.29) is 24.3 Å². The fraction of sp³-hybridized carbons (Fsp3) is 0.846. The molecule has 4 heteroatoms. The molecule has 0 bridgehead atoms. The monoisotopic (exact) mass is 244 g/mol. The second kappa shape index (κ2) is 5.44. The van der Waals surface area contributed by atoms with Crippen LogP contribution in [0.5, 0.6) is 0 Å². The molecule has 0 radical (unpaired) electrons. The van der Waals surface area contributed by atoms with E-state index in [0.717, 1.165) is 13.0 Å². The predicted octanol–water partition coefficient (Wildman–Crippen LogP) is 2.52. The van der Waals surface area contributed by atoms with Crippen LogP contribution in [0, 0.1) is 11.8 Å². The van der Waals surface area contributed by atoms with Gasteiger partial charge >= 0.3 is 0 Å². The van der Waals surface area contributed by atoms with Gasteiger partial charge in [0.25, 0.3) is 0 Å². The Hall–Kier alpha value is -0.480. The number of halogens is 2. The predicted molar refractivity (Wildman–Crippen MR) is 65.0 cm³/mol. The summed E-state index contributed by atoms with van der Waals surface area (Å²) in [5, 5.41) is 6.79. The van der Waals surface area contributed by atoms with Crippen LogP contribution in [0.15, 0.2) is 11.9 Å². The molecule has 1 aliphatic heterocycles. The molecule has 0 aromatic carbocycles. The van der Waals surface area contributed by atoms with E-state index in [0.29, 0.717) is 18.4 Å². The number of alkyl halides is 1. The molecule has 2 nitrogen and oxygen atoms in total. The van der Waals surface area contributed by atoms with Gasteiger partial charge < -0.3 is 0 Å². The summed E-state index contributed by atoms with van der Waals surface area (Å²) in [4.78, 5) is 0. The molecule has 4 unspecified atom stereocenters. The van der Waals surface area contributed by atoms with Gasteiger partial charge in [0, 0.05) is 24.9 Å². The number of nitrogens with one attached hydrogen (secondary N) is 2. The molecule has 0 saturated carbocycles. The fourth-order valence-corrected chi connectivity index (χ4v) is 2.70. The van der Waals surface area contributed by atoms with E-state index >= 15 is 0 Å². The Morgan fingerprint density at radius 2 is 2.29 bits per heavy atom. The summed E-state index contributed by atoms with van der Waals surface area (Å²) in [6, 6.07) is 0.410. The Balaban J connectivity index is 1.92. The first-order valence-corrected chi connectivity index (χ1v) is 6.59. The minimum atomic E-state index is -1.07. The van der Waals surface area contributed by atoms with Crippen LogP contribution in [0.4, 0.5) is 8.78 Å². The van der Waals surface area contributed by atoms with Gasteiger partial charge in [0.05, 0.1) is 12.0 Å². The Morgan fingerprint density at radius 1 is 1.53 bits per heavy atom. The summed E-state index contributed by atoms with van der Waals surface area (Å²) < 4.78 is 26.7. The summed E-state index contributed by atoms with van der Waals surface area (Å²) in [6.07, 6.45) is 2.00. The van der Waals surface area contributed by atoms with E-state index in [4.69, 9.17) is 0 Å². The Labute approximate surface area is 102 Å². The van der Waals surface area contributed by atoms with E-state index in [1.165, 1.54) is 6.08 Å². The summed E-state index contributed by atoms with van der Waals surface area (Å²) >= 11 is 0. The minimum Gasteiger partial charge on any atom is -0.300 e. The van der Waals surface area contributed by atoms with Crippen molar-refractivity contribution in [3.8, 4) is 0 Å². The lowest BCUT2D eigenvalue weighted by molar-refractivity contribution is 0.158. The molecule has 2 aliphatic rings.